The molecular formula is C21H33B. The van der Waals surface area contributed by atoms with Gasteiger partial charge in [-0.15, -0.1) is 0 Å². The van der Waals surface area contributed by atoms with Crippen LogP contribution in [0.1, 0.15) is 70.3 Å². The maximum atomic E-state index is 4.37. The van der Waals surface area contributed by atoms with Crippen molar-refractivity contribution in [2.24, 2.45) is 11.8 Å². The van der Waals surface area contributed by atoms with E-state index in [9.17, 15) is 0 Å². The predicted octanol–water partition coefficient (Wildman–Crippen LogP) is 4.82. The second-order valence-electron chi connectivity index (χ2n) is 7.31. The molecule has 2 rings (SSSR count). The number of benzene rings is 1. The molecule has 0 amide bonds. The van der Waals surface area contributed by atoms with E-state index in [1.807, 2.05) is 0 Å². The van der Waals surface area contributed by atoms with Gasteiger partial charge in [0, 0.05) is 0 Å². The fourth-order valence-electron chi connectivity index (χ4n) is 4.03. The normalized spacial score (nSPS) is 21.4. The molecule has 0 bridgehead atoms. The zero-order valence-electron chi connectivity index (χ0n) is 14.7. The molecule has 0 aromatic heterocycles. The van der Waals surface area contributed by atoms with Crippen LogP contribution in [0.25, 0.3) is 0 Å². The first kappa shape index (κ1) is 17.4. The monoisotopic (exact) mass is 296 g/mol. The molecule has 1 fully saturated rings. The first-order valence-electron chi connectivity index (χ1n) is 9.44. The molecule has 22 heavy (non-hydrogen) atoms. The number of hydrogen-bond donors (Lipinski definition) is 0. The van der Waals surface area contributed by atoms with E-state index in [4.69, 9.17) is 0 Å². The largest absolute Gasteiger partial charge is 0.139 e. The van der Waals surface area contributed by atoms with Crippen molar-refractivity contribution >= 4 is 13.3 Å². The summed E-state index contributed by atoms with van der Waals surface area (Å²) in [5.41, 5.74) is 4.40. The number of rotatable bonds is 9. The molecule has 1 aromatic carbocycles. The van der Waals surface area contributed by atoms with E-state index < -0.39 is 0 Å². The van der Waals surface area contributed by atoms with Crippen molar-refractivity contribution in [3.63, 3.8) is 0 Å². The summed E-state index contributed by atoms with van der Waals surface area (Å²) in [6, 6.07) is 9.04. The second-order valence-corrected chi connectivity index (χ2v) is 7.31. The minimum Gasteiger partial charge on any atom is -0.0996 e. The van der Waals surface area contributed by atoms with Crippen molar-refractivity contribution < 1.29 is 0 Å². The highest BCUT2D eigenvalue weighted by atomic mass is 14.3. The molecule has 2 atom stereocenters. The van der Waals surface area contributed by atoms with Crippen molar-refractivity contribution in [1.29, 1.82) is 0 Å². The minimum absolute atomic E-state index is 0.734. The van der Waals surface area contributed by atoms with Crippen molar-refractivity contribution in [1.82, 2.24) is 0 Å². The first-order valence-corrected chi connectivity index (χ1v) is 9.44. The third kappa shape index (κ3) is 5.34. The molecule has 1 unspecified atom stereocenters. The van der Waals surface area contributed by atoms with Crippen LogP contribution in [0.4, 0.5) is 0 Å². The van der Waals surface area contributed by atoms with E-state index in [-0.39, 0.29) is 0 Å². The Kier molecular flexibility index (Phi) is 7.29. The van der Waals surface area contributed by atoms with E-state index in [2.05, 4.69) is 45.6 Å². The molecule has 0 N–H and O–H groups in total. The predicted molar refractivity (Wildman–Crippen MR) is 102 cm³/mol. The van der Waals surface area contributed by atoms with Crippen LogP contribution in [0, 0.1) is 11.8 Å². The van der Waals surface area contributed by atoms with Gasteiger partial charge in [0.05, 0.1) is 0 Å². The first-order chi connectivity index (χ1) is 10.7. The standard InChI is InChI=1S/C21H33B/c1-3-4-5-6-7-8-11-19-14-13-17(2)21(19)16-18-10-9-12-20(22)15-18/h9-10,12,15,19,21H,2-8,11,13-14,16,22H2,1H3/t19?,21-/m0/s1. The molecule has 0 radical (unpaired) electrons. The summed E-state index contributed by atoms with van der Waals surface area (Å²) in [6.07, 6.45) is 13.7. The van der Waals surface area contributed by atoms with Gasteiger partial charge in [0.1, 0.15) is 7.85 Å². The van der Waals surface area contributed by atoms with Gasteiger partial charge >= 0.3 is 0 Å². The molecule has 0 nitrogen and oxygen atoms in total. The Morgan fingerprint density at radius 3 is 2.68 bits per heavy atom. The highest BCUT2D eigenvalue weighted by Crippen LogP contribution is 2.40. The molecule has 1 aromatic rings. The summed E-state index contributed by atoms with van der Waals surface area (Å²) in [5.74, 6) is 1.62. The summed E-state index contributed by atoms with van der Waals surface area (Å²) in [4.78, 5) is 0. The lowest BCUT2D eigenvalue weighted by Crippen LogP contribution is -2.14. The summed E-state index contributed by atoms with van der Waals surface area (Å²) < 4.78 is 0. The molecule has 1 heteroatoms. The number of allylic oxidation sites excluding steroid dienone is 1. The Hall–Kier alpha value is -0.975. The van der Waals surface area contributed by atoms with Crippen LogP contribution in [0.2, 0.25) is 0 Å². The van der Waals surface area contributed by atoms with E-state index in [0.717, 1.165) is 11.8 Å². The van der Waals surface area contributed by atoms with Crippen molar-refractivity contribution in [2.45, 2.75) is 71.1 Å². The van der Waals surface area contributed by atoms with Crippen LogP contribution < -0.4 is 5.46 Å². The van der Waals surface area contributed by atoms with Gasteiger partial charge < -0.3 is 0 Å². The molecule has 1 aliphatic rings. The zero-order chi connectivity index (χ0) is 15.8. The van der Waals surface area contributed by atoms with Gasteiger partial charge in [0.15, 0.2) is 0 Å². The van der Waals surface area contributed by atoms with Crippen LogP contribution >= 0.6 is 0 Å². The smallest absolute Gasteiger partial charge is 0.0996 e. The van der Waals surface area contributed by atoms with Crippen LogP contribution in [0.5, 0.6) is 0 Å². The highest BCUT2D eigenvalue weighted by Gasteiger charge is 2.29. The molecular weight excluding hydrogens is 263 g/mol. The van der Waals surface area contributed by atoms with Gasteiger partial charge in [-0.2, -0.15) is 0 Å². The lowest BCUT2D eigenvalue weighted by Gasteiger charge is -2.21. The summed E-state index contributed by atoms with van der Waals surface area (Å²) in [6.45, 7) is 6.66. The van der Waals surface area contributed by atoms with Gasteiger partial charge in [-0.25, -0.2) is 0 Å². The highest BCUT2D eigenvalue weighted by molar-refractivity contribution is 6.32. The van der Waals surface area contributed by atoms with Gasteiger partial charge in [-0.3, -0.25) is 0 Å². The third-order valence-electron chi connectivity index (χ3n) is 5.40. The van der Waals surface area contributed by atoms with E-state index in [1.165, 1.54) is 80.8 Å². The van der Waals surface area contributed by atoms with Gasteiger partial charge in [0.2, 0.25) is 0 Å². The minimum atomic E-state index is 0.734. The average Bonchev–Trinajstić information content (AvgIpc) is 2.84. The fraction of sp³-hybridized carbons (Fsp3) is 0.619. The van der Waals surface area contributed by atoms with Crippen LogP contribution in [0.15, 0.2) is 36.4 Å². The quantitative estimate of drug-likeness (QED) is 0.348. The Morgan fingerprint density at radius 1 is 1.14 bits per heavy atom. The van der Waals surface area contributed by atoms with Gasteiger partial charge in [0.25, 0.3) is 0 Å². The van der Waals surface area contributed by atoms with E-state index in [0.29, 0.717) is 0 Å². The summed E-state index contributed by atoms with van der Waals surface area (Å²) in [5, 5.41) is 0. The lowest BCUT2D eigenvalue weighted by atomic mass is 9.83. The van der Waals surface area contributed by atoms with Gasteiger partial charge in [-0.05, 0) is 43.1 Å². The molecule has 0 heterocycles. The van der Waals surface area contributed by atoms with Crippen molar-refractivity contribution in [3.8, 4) is 0 Å². The van der Waals surface area contributed by atoms with E-state index in [1.54, 1.807) is 0 Å². The molecule has 0 spiro atoms. The third-order valence-corrected chi connectivity index (χ3v) is 5.40. The molecule has 120 valence electrons. The lowest BCUT2D eigenvalue weighted by molar-refractivity contribution is 0.373. The maximum Gasteiger partial charge on any atom is 0.139 e. The van der Waals surface area contributed by atoms with Crippen molar-refractivity contribution in [3.05, 3.63) is 42.0 Å². The number of hydrogen-bond acceptors (Lipinski definition) is 0. The molecule has 1 saturated carbocycles. The summed E-state index contributed by atoms with van der Waals surface area (Å²) in [7, 11) is 2.20. The van der Waals surface area contributed by atoms with Crippen LogP contribution in [0.3, 0.4) is 0 Å². The zero-order valence-corrected chi connectivity index (χ0v) is 14.7. The van der Waals surface area contributed by atoms with Crippen LogP contribution in [-0.2, 0) is 6.42 Å². The Balaban J connectivity index is 1.79. The summed E-state index contributed by atoms with van der Waals surface area (Å²) >= 11 is 0. The van der Waals surface area contributed by atoms with Crippen molar-refractivity contribution in [2.75, 3.05) is 0 Å². The second kappa shape index (κ2) is 9.23. The van der Waals surface area contributed by atoms with E-state index >= 15 is 0 Å². The van der Waals surface area contributed by atoms with Gasteiger partial charge in [-0.1, -0.05) is 87.3 Å². The fourth-order valence-corrected chi connectivity index (χ4v) is 4.03. The number of unbranched alkanes of at least 4 members (excludes halogenated alkanes) is 5. The SMILES string of the molecule is Bc1cccc(C[C@H]2C(=C)CCC2CCCCCCCC)c1. The Bertz CT molecular complexity index is 463. The molecule has 0 aliphatic heterocycles. The van der Waals surface area contributed by atoms with Crippen LogP contribution in [-0.4, -0.2) is 7.85 Å². The Morgan fingerprint density at radius 2 is 1.91 bits per heavy atom. The maximum absolute atomic E-state index is 4.37. The topological polar surface area (TPSA) is 0 Å². The Labute approximate surface area is 138 Å². The molecule has 1 aliphatic carbocycles. The molecule has 0 saturated heterocycles. The average molecular weight is 296 g/mol.